The first-order valence-electron chi connectivity index (χ1n) is 5.85. The number of hydrogen-bond donors (Lipinski definition) is 1. The summed E-state index contributed by atoms with van der Waals surface area (Å²) in [5.41, 5.74) is 0. The molecule has 0 radical (unpaired) electrons. The highest BCUT2D eigenvalue weighted by Crippen LogP contribution is 2.33. The smallest absolute Gasteiger partial charge is 0.492 e. The van der Waals surface area contributed by atoms with Gasteiger partial charge in [-0.3, -0.25) is 0 Å². The SMILES string of the molecule is FC(F)(F)Oc1ccc(OC[C@H]2CCCN2)cc1Br. The quantitative estimate of drug-likeness (QED) is 0.910. The highest BCUT2D eigenvalue weighted by molar-refractivity contribution is 9.10. The lowest BCUT2D eigenvalue weighted by Crippen LogP contribution is -2.28. The maximum Gasteiger partial charge on any atom is 0.573 e. The lowest BCUT2D eigenvalue weighted by Gasteiger charge is -2.14. The third-order valence-corrected chi connectivity index (χ3v) is 3.36. The molecule has 1 saturated heterocycles. The fraction of sp³-hybridized carbons (Fsp3) is 0.500. The van der Waals surface area contributed by atoms with Gasteiger partial charge in [-0.05, 0) is 53.5 Å². The van der Waals surface area contributed by atoms with Crippen LogP contribution in [0, 0.1) is 0 Å². The average molecular weight is 340 g/mol. The number of benzene rings is 1. The molecular formula is C12H13BrF3NO2. The van der Waals surface area contributed by atoms with Gasteiger partial charge in [-0.1, -0.05) is 0 Å². The van der Waals surface area contributed by atoms with Gasteiger partial charge in [0.05, 0.1) is 4.47 Å². The molecule has 1 aliphatic rings. The Hall–Kier alpha value is -0.950. The van der Waals surface area contributed by atoms with Gasteiger partial charge < -0.3 is 14.8 Å². The summed E-state index contributed by atoms with van der Waals surface area (Å²) in [5.74, 6) is 0.231. The van der Waals surface area contributed by atoms with E-state index in [1.165, 1.54) is 18.2 Å². The molecule has 0 amide bonds. The molecule has 1 N–H and O–H groups in total. The van der Waals surface area contributed by atoms with Crippen LogP contribution >= 0.6 is 15.9 Å². The summed E-state index contributed by atoms with van der Waals surface area (Å²) in [7, 11) is 0. The number of rotatable bonds is 4. The molecule has 0 spiro atoms. The predicted octanol–water partition coefficient (Wildman–Crippen LogP) is 3.48. The van der Waals surface area contributed by atoms with E-state index < -0.39 is 6.36 Å². The molecule has 0 aromatic heterocycles. The monoisotopic (exact) mass is 339 g/mol. The zero-order valence-electron chi connectivity index (χ0n) is 9.97. The van der Waals surface area contributed by atoms with Gasteiger partial charge >= 0.3 is 6.36 Å². The van der Waals surface area contributed by atoms with Crippen molar-refractivity contribution in [3.8, 4) is 11.5 Å². The molecular weight excluding hydrogens is 327 g/mol. The zero-order valence-corrected chi connectivity index (χ0v) is 11.6. The lowest BCUT2D eigenvalue weighted by atomic mass is 10.2. The van der Waals surface area contributed by atoms with Crippen molar-refractivity contribution in [3.63, 3.8) is 0 Å². The van der Waals surface area contributed by atoms with Gasteiger partial charge in [0.2, 0.25) is 0 Å². The molecule has 7 heteroatoms. The Morgan fingerprint density at radius 3 is 2.74 bits per heavy atom. The standard InChI is InChI=1S/C12H13BrF3NO2/c13-10-6-9(18-7-8-2-1-5-17-8)3-4-11(10)19-12(14,15)16/h3-4,6,8,17H,1-2,5,7H2/t8-/m1/s1. The van der Waals surface area contributed by atoms with Gasteiger partial charge in [0, 0.05) is 6.04 Å². The summed E-state index contributed by atoms with van der Waals surface area (Å²) >= 11 is 3.03. The fourth-order valence-corrected chi connectivity index (χ4v) is 2.31. The molecule has 0 aliphatic carbocycles. The molecule has 1 atom stereocenters. The Balaban J connectivity index is 1.94. The maximum absolute atomic E-state index is 12.1. The zero-order chi connectivity index (χ0) is 13.9. The Labute approximate surface area is 117 Å². The van der Waals surface area contributed by atoms with Gasteiger partial charge in [-0.2, -0.15) is 0 Å². The minimum atomic E-state index is -4.70. The molecule has 0 unspecified atom stereocenters. The molecule has 2 rings (SSSR count). The van der Waals surface area contributed by atoms with E-state index in [1.54, 1.807) is 0 Å². The number of ether oxygens (including phenoxy) is 2. The highest BCUT2D eigenvalue weighted by Gasteiger charge is 2.32. The van der Waals surface area contributed by atoms with E-state index >= 15 is 0 Å². The van der Waals surface area contributed by atoms with Crippen LogP contribution in [-0.4, -0.2) is 25.6 Å². The van der Waals surface area contributed by atoms with Gasteiger partial charge in [-0.15, -0.1) is 13.2 Å². The van der Waals surface area contributed by atoms with Crippen LogP contribution in [0.2, 0.25) is 0 Å². The maximum atomic E-state index is 12.1. The van der Waals surface area contributed by atoms with Crippen LogP contribution in [0.3, 0.4) is 0 Å². The first-order chi connectivity index (χ1) is 8.94. The third kappa shape index (κ3) is 4.58. The number of alkyl halides is 3. The van der Waals surface area contributed by atoms with Crippen LogP contribution in [0.5, 0.6) is 11.5 Å². The first kappa shape index (κ1) is 14.5. The first-order valence-corrected chi connectivity index (χ1v) is 6.65. The minimum Gasteiger partial charge on any atom is -0.492 e. The van der Waals surface area contributed by atoms with E-state index in [2.05, 4.69) is 26.0 Å². The van der Waals surface area contributed by atoms with Crippen LogP contribution in [0.25, 0.3) is 0 Å². The summed E-state index contributed by atoms with van der Waals surface area (Å²) in [4.78, 5) is 0. The second-order valence-electron chi connectivity index (χ2n) is 4.24. The molecule has 0 bridgehead atoms. The largest absolute Gasteiger partial charge is 0.573 e. The number of hydrogen-bond acceptors (Lipinski definition) is 3. The molecule has 1 heterocycles. The Morgan fingerprint density at radius 1 is 1.37 bits per heavy atom. The highest BCUT2D eigenvalue weighted by atomic mass is 79.9. The Kier molecular flexibility index (Phi) is 4.57. The third-order valence-electron chi connectivity index (χ3n) is 2.74. The summed E-state index contributed by atoms with van der Waals surface area (Å²) in [6, 6.07) is 4.47. The summed E-state index contributed by atoms with van der Waals surface area (Å²) in [6.07, 6.45) is -2.52. The van der Waals surface area contributed by atoms with Crippen LogP contribution in [0.15, 0.2) is 22.7 Å². The van der Waals surface area contributed by atoms with E-state index in [1.807, 2.05) is 0 Å². The van der Waals surface area contributed by atoms with E-state index in [0.29, 0.717) is 18.4 Å². The fourth-order valence-electron chi connectivity index (χ4n) is 1.87. The van der Waals surface area contributed by atoms with Gasteiger partial charge in [0.15, 0.2) is 0 Å². The van der Waals surface area contributed by atoms with Crippen molar-refractivity contribution in [1.29, 1.82) is 0 Å². The minimum absolute atomic E-state index is 0.210. The normalized spacial score (nSPS) is 19.5. The molecule has 1 aromatic rings. The van der Waals surface area contributed by atoms with Crippen molar-refractivity contribution < 1.29 is 22.6 Å². The van der Waals surface area contributed by atoms with Crippen molar-refractivity contribution in [1.82, 2.24) is 5.32 Å². The predicted molar refractivity (Wildman–Crippen MR) is 67.3 cm³/mol. The average Bonchev–Trinajstić information content (AvgIpc) is 2.81. The van der Waals surface area contributed by atoms with Gasteiger partial charge in [0.1, 0.15) is 18.1 Å². The summed E-state index contributed by atoms with van der Waals surface area (Å²) in [6.45, 7) is 1.49. The van der Waals surface area contributed by atoms with Gasteiger partial charge in [0.25, 0.3) is 0 Å². The van der Waals surface area contributed by atoms with Crippen LogP contribution in [-0.2, 0) is 0 Å². The molecule has 1 aromatic carbocycles. The van der Waals surface area contributed by atoms with Crippen molar-refractivity contribution in [2.75, 3.05) is 13.2 Å². The van der Waals surface area contributed by atoms with E-state index in [-0.39, 0.29) is 10.2 Å². The van der Waals surface area contributed by atoms with Crippen LogP contribution < -0.4 is 14.8 Å². The molecule has 106 valence electrons. The van der Waals surface area contributed by atoms with Crippen molar-refractivity contribution >= 4 is 15.9 Å². The second kappa shape index (κ2) is 6.00. The van der Waals surface area contributed by atoms with Crippen molar-refractivity contribution in [2.45, 2.75) is 25.2 Å². The Morgan fingerprint density at radius 2 is 2.16 bits per heavy atom. The van der Waals surface area contributed by atoms with E-state index in [4.69, 9.17) is 4.74 Å². The molecule has 1 fully saturated rings. The topological polar surface area (TPSA) is 30.5 Å². The molecule has 1 aliphatic heterocycles. The van der Waals surface area contributed by atoms with Gasteiger partial charge in [-0.25, -0.2) is 0 Å². The van der Waals surface area contributed by atoms with E-state index in [0.717, 1.165) is 19.4 Å². The van der Waals surface area contributed by atoms with Crippen LogP contribution in [0.1, 0.15) is 12.8 Å². The molecule has 0 saturated carbocycles. The number of halogens is 4. The molecule has 19 heavy (non-hydrogen) atoms. The second-order valence-corrected chi connectivity index (χ2v) is 5.10. The summed E-state index contributed by atoms with van der Waals surface area (Å²) in [5, 5.41) is 3.27. The Bertz CT molecular complexity index is 433. The lowest BCUT2D eigenvalue weighted by molar-refractivity contribution is -0.274. The van der Waals surface area contributed by atoms with E-state index in [9.17, 15) is 13.2 Å². The number of nitrogens with one attached hydrogen (secondary N) is 1. The summed E-state index contributed by atoms with van der Waals surface area (Å²) < 4.78 is 45.9. The van der Waals surface area contributed by atoms with Crippen molar-refractivity contribution in [3.05, 3.63) is 22.7 Å². The van der Waals surface area contributed by atoms with Crippen molar-refractivity contribution in [2.24, 2.45) is 0 Å². The molecule has 3 nitrogen and oxygen atoms in total. The van der Waals surface area contributed by atoms with Crippen LogP contribution in [0.4, 0.5) is 13.2 Å².